The number of hydrogen-bond acceptors (Lipinski definition) is 4. The van der Waals surface area contributed by atoms with Crippen molar-refractivity contribution in [1.29, 1.82) is 0 Å². The van der Waals surface area contributed by atoms with E-state index in [1.807, 2.05) is 24.0 Å². The van der Waals surface area contributed by atoms with E-state index in [4.69, 9.17) is 0 Å². The molecular weight excluding hydrogens is 254 g/mol. The monoisotopic (exact) mass is 261 g/mol. The number of tetrazole rings is 1. The summed E-state index contributed by atoms with van der Waals surface area (Å²) >= 11 is 1.53. The molecule has 0 aromatic carbocycles. The van der Waals surface area contributed by atoms with Gasteiger partial charge < -0.3 is 17.0 Å². The summed E-state index contributed by atoms with van der Waals surface area (Å²) in [6.45, 7) is 1.90. The summed E-state index contributed by atoms with van der Waals surface area (Å²) in [6.07, 6.45) is 1.75. The van der Waals surface area contributed by atoms with Crippen LogP contribution in [0, 0.1) is 6.92 Å². The van der Waals surface area contributed by atoms with Crippen molar-refractivity contribution in [1.82, 2.24) is 20.1 Å². The lowest BCUT2D eigenvalue weighted by Gasteiger charge is -1.90. The Bertz CT molecular complexity index is 382. The summed E-state index contributed by atoms with van der Waals surface area (Å²) in [5, 5.41) is 10.6. The maximum atomic E-state index is 4.12. The number of hydrogen-bond donors (Lipinski definition) is 0. The third-order valence-electron chi connectivity index (χ3n) is 1.62. The van der Waals surface area contributed by atoms with Crippen molar-refractivity contribution in [2.45, 2.75) is 6.92 Å². The third kappa shape index (κ3) is 1.75. The first-order chi connectivity index (χ1) is 5.79. The van der Waals surface area contributed by atoms with E-state index in [1.54, 1.807) is 11.0 Å². The molecule has 0 spiro atoms. The van der Waals surface area contributed by atoms with Gasteiger partial charge in [0.2, 0.25) is 0 Å². The van der Waals surface area contributed by atoms with Gasteiger partial charge in [-0.15, -0.1) is 0 Å². The fraction of sp³-hybridized carbons (Fsp3) is 0.333. The van der Waals surface area contributed by atoms with E-state index in [1.165, 1.54) is 11.3 Å². The number of thiazole rings is 1. The molecule has 0 fully saturated rings. The van der Waals surface area contributed by atoms with E-state index in [0.29, 0.717) is 0 Å². The zero-order valence-electron chi connectivity index (χ0n) is 7.18. The van der Waals surface area contributed by atoms with E-state index < -0.39 is 0 Å². The molecule has 0 radical (unpaired) electrons. The molecule has 5 nitrogen and oxygen atoms in total. The predicted octanol–water partition coefficient (Wildman–Crippen LogP) is -3.14. The van der Waals surface area contributed by atoms with Gasteiger partial charge in [-0.05, 0) is 0 Å². The highest BCUT2D eigenvalue weighted by Crippen LogP contribution is 2.05. The van der Waals surface area contributed by atoms with Crippen molar-refractivity contribution in [2.75, 3.05) is 0 Å². The third-order valence-corrected chi connectivity index (χ3v) is 2.35. The van der Waals surface area contributed by atoms with Gasteiger partial charge in [-0.3, -0.25) is 0 Å². The van der Waals surface area contributed by atoms with Gasteiger partial charge in [-0.2, -0.15) is 4.68 Å². The topological polar surface area (TPSA) is 47.5 Å². The van der Waals surface area contributed by atoms with Crippen LogP contribution < -0.4 is 21.7 Å². The maximum absolute atomic E-state index is 4.12. The second-order valence-corrected chi connectivity index (χ2v) is 3.24. The van der Waals surface area contributed by atoms with Crippen LogP contribution in [0.1, 0.15) is 5.82 Å². The average Bonchev–Trinajstić information content (AvgIpc) is 2.64. The summed E-state index contributed by atoms with van der Waals surface area (Å²) in [5.41, 5.74) is 0. The lowest BCUT2D eigenvalue weighted by Crippen LogP contribution is -3.00. The van der Waals surface area contributed by atoms with Crippen molar-refractivity contribution in [3.63, 3.8) is 0 Å². The highest BCUT2D eigenvalue weighted by molar-refractivity contribution is 7.12. The van der Waals surface area contributed by atoms with E-state index in [-0.39, 0.29) is 17.0 Å². The van der Waals surface area contributed by atoms with Crippen LogP contribution in [0.25, 0.3) is 5.13 Å². The minimum absolute atomic E-state index is 0. The zero-order chi connectivity index (χ0) is 8.55. The molecule has 0 bridgehead atoms. The molecule has 0 saturated carbocycles. The lowest BCUT2D eigenvalue weighted by molar-refractivity contribution is -0.754. The standard InChI is InChI=1S/C6H8N5S.BrH/c1-5-8-9-11(10(5)2)6-7-3-4-12-6;/h3-4H,1-2H3;1H/q+1;/p-1. The highest BCUT2D eigenvalue weighted by atomic mass is 79.9. The Hall–Kier alpha value is -0.820. The van der Waals surface area contributed by atoms with Crippen LogP contribution in [0.15, 0.2) is 11.6 Å². The first-order valence-electron chi connectivity index (χ1n) is 3.47. The van der Waals surface area contributed by atoms with Gasteiger partial charge in [0.25, 0.3) is 11.0 Å². The van der Waals surface area contributed by atoms with Crippen molar-refractivity contribution in [2.24, 2.45) is 7.05 Å². The lowest BCUT2D eigenvalue weighted by atomic mass is 10.7. The summed E-state index contributed by atoms with van der Waals surface area (Å²) < 4.78 is 1.85. The Morgan fingerprint density at radius 3 is 2.77 bits per heavy atom. The van der Waals surface area contributed by atoms with E-state index in [9.17, 15) is 0 Å². The van der Waals surface area contributed by atoms with Crippen LogP contribution in [-0.2, 0) is 7.05 Å². The normalized spacial score (nSPS) is 9.69. The number of halogens is 1. The fourth-order valence-corrected chi connectivity index (χ4v) is 1.47. The molecule has 2 aromatic heterocycles. The highest BCUT2D eigenvalue weighted by Gasteiger charge is 2.15. The van der Waals surface area contributed by atoms with Crippen LogP contribution in [0.3, 0.4) is 0 Å². The largest absolute Gasteiger partial charge is 1.00 e. The average molecular weight is 262 g/mol. The van der Waals surface area contributed by atoms with Crippen LogP contribution in [-0.4, -0.2) is 20.1 Å². The second kappa shape index (κ2) is 3.93. The van der Waals surface area contributed by atoms with Crippen LogP contribution >= 0.6 is 11.3 Å². The molecule has 0 atom stereocenters. The van der Waals surface area contributed by atoms with E-state index in [2.05, 4.69) is 15.3 Å². The Morgan fingerprint density at radius 1 is 1.54 bits per heavy atom. The van der Waals surface area contributed by atoms with Crippen molar-refractivity contribution in [3.8, 4) is 5.13 Å². The number of aromatic nitrogens is 5. The van der Waals surface area contributed by atoms with Gasteiger partial charge in [0.05, 0.1) is 7.05 Å². The fourth-order valence-electron chi connectivity index (χ4n) is 0.850. The zero-order valence-corrected chi connectivity index (χ0v) is 9.58. The molecule has 13 heavy (non-hydrogen) atoms. The molecule has 70 valence electrons. The summed E-state index contributed by atoms with van der Waals surface area (Å²) in [6, 6.07) is 0. The molecule has 0 aliphatic heterocycles. The van der Waals surface area contributed by atoms with Crippen molar-refractivity contribution in [3.05, 3.63) is 17.4 Å². The Morgan fingerprint density at radius 2 is 2.31 bits per heavy atom. The first kappa shape index (κ1) is 10.3. The SMILES string of the molecule is Cc1nnn(-c2nccs2)[n+]1C.[Br-]. The van der Waals surface area contributed by atoms with Crippen LogP contribution in [0.5, 0.6) is 0 Å². The molecular formula is C6H8BrN5S. The van der Waals surface area contributed by atoms with Crippen molar-refractivity contribution >= 4 is 11.3 Å². The molecule has 0 aliphatic carbocycles. The van der Waals surface area contributed by atoms with Gasteiger partial charge in [0, 0.05) is 23.3 Å². The molecule has 2 rings (SSSR count). The van der Waals surface area contributed by atoms with Gasteiger partial charge >= 0.3 is 0 Å². The quantitative estimate of drug-likeness (QED) is 0.510. The van der Waals surface area contributed by atoms with Gasteiger partial charge in [-0.25, -0.2) is 4.98 Å². The predicted molar refractivity (Wildman–Crippen MR) is 42.9 cm³/mol. The summed E-state index contributed by atoms with van der Waals surface area (Å²) in [7, 11) is 1.90. The molecule has 0 amide bonds. The Kier molecular flexibility index (Phi) is 3.10. The number of aryl methyl sites for hydroxylation is 1. The number of nitrogens with zero attached hydrogens (tertiary/aromatic N) is 5. The van der Waals surface area contributed by atoms with Gasteiger partial charge in [0.1, 0.15) is 5.10 Å². The molecule has 0 aliphatic rings. The summed E-state index contributed by atoms with van der Waals surface area (Å²) in [5.74, 6) is 0.866. The molecule has 7 heteroatoms. The molecule has 0 unspecified atom stereocenters. The maximum Gasteiger partial charge on any atom is 0.297 e. The van der Waals surface area contributed by atoms with E-state index >= 15 is 0 Å². The summed E-state index contributed by atoms with van der Waals surface area (Å²) in [4.78, 5) is 5.79. The smallest absolute Gasteiger partial charge is 0.297 e. The number of rotatable bonds is 1. The first-order valence-corrected chi connectivity index (χ1v) is 4.35. The molecule has 0 saturated heterocycles. The van der Waals surface area contributed by atoms with Gasteiger partial charge in [0.15, 0.2) is 5.21 Å². The van der Waals surface area contributed by atoms with Crippen LogP contribution in [0.2, 0.25) is 0 Å². The molecule has 2 heterocycles. The molecule has 2 aromatic rings. The molecule has 0 N–H and O–H groups in total. The van der Waals surface area contributed by atoms with E-state index in [0.717, 1.165) is 11.0 Å². The van der Waals surface area contributed by atoms with Crippen LogP contribution in [0.4, 0.5) is 0 Å². The Labute approximate surface area is 89.8 Å². The Balaban J connectivity index is 0.000000845. The van der Waals surface area contributed by atoms with Gasteiger partial charge in [-0.1, -0.05) is 11.3 Å². The van der Waals surface area contributed by atoms with Crippen molar-refractivity contribution < 1.29 is 21.7 Å². The second-order valence-electron chi connectivity index (χ2n) is 2.36. The minimum atomic E-state index is 0. The minimum Gasteiger partial charge on any atom is -1.00 e.